The monoisotopic (exact) mass is 252 g/mol. The fourth-order valence-corrected chi connectivity index (χ4v) is 5.32. The van der Waals surface area contributed by atoms with Crippen molar-refractivity contribution in [3.63, 3.8) is 0 Å². The smallest absolute Gasteiger partial charge is 0.141 e. The van der Waals surface area contributed by atoms with Gasteiger partial charge in [0.25, 0.3) is 0 Å². The average Bonchev–Trinajstić information content (AvgIpc) is 2.02. The fraction of sp³-hybridized carbons (Fsp3) is 1.00. The summed E-state index contributed by atoms with van der Waals surface area (Å²) in [6.07, 6.45) is 0. The normalized spacial score (nSPS) is 15.0. The van der Waals surface area contributed by atoms with Crippen molar-refractivity contribution in [2.75, 3.05) is 6.54 Å². The highest BCUT2D eigenvalue weighted by atomic mass is 35.7. The summed E-state index contributed by atoms with van der Waals surface area (Å²) in [5.74, 6) is 0. The molecule has 0 heterocycles. The van der Waals surface area contributed by atoms with Crippen LogP contribution in [-0.2, 0) is 0 Å². The largest absolute Gasteiger partial charge is 0.255 e. The molecule has 0 spiro atoms. The van der Waals surface area contributed by atoms with Crippen LogP contribution in [-0.4, -0.2) is 34.0 Å². The standard InChI is InChI=1S/C11H26ClN2P/c1-8-13(9(2)3)15(12)14(10(4)5)11(6)7/h9-11H,8H2,1-7H3. The Morgan fingerprint density at radius 2 is 1.33 bits per heavy atom. The van der Waals surface area contributed by atoms with Crippen LogP contribution in [0.1, 0.15) is 48.5 Å². The molecule has 2 nitrogen and oxygen atoms in total. The molecule has 0 aromatic heterocycles. The van der Waals surface area contributed by atoms with Crippen LogP contribution in [0, 0.1) is 0 Å². The number of nitrogens with zero attached hydrogens (tertiary/aromatic N) is 2. The lowest BCUT2D eigenvalue weighted by molar-refractivity contribution is 0.290. The first-order chi connectivity index (χ1) is 6.82. The predicted octanol–water partition coefficient (Wildman–Crippen LogP) is 4.30. The van der Waals surface area contributed by atoms with Gasteiger partial charge in [-0.15, -0.1) is 0 Å². The van der Waals surface area contributed by atoms with Crippen molar-refractivity contribution in [1.82, 2.24) is 9.34 Å². The van der Waals surface area contributed by atoms with Crippen molar-refractivity contribution >= 4 is 18.8 Å². The summed E-state index contributed by atoms with van der Waals surface area (Å²) in [5, 5.41) is 0. The molecule has 0 aliphatic heterocycles. The molecule has 0 rings (SSSR count). The Labute approximate surface area is 102 Å². The van der Waals surface area contributed by atoms with Gasteiger partial charge in [-0.1, -0.05) is 18.2 Å². The summed E-state index contributed by atoms with van der Waals surface area (Å²) in [7, 11) is -0.687. The van der Waals surface area contributed by atoms with Crippen LogP contribution in [0.4, 0.5) is 0 Å². The molecular weight excluding hydrogens is 227 g/mol. The van der Waals surface area contributed by atoms with Gasteiger partial charge in [-0.25, -0.2) is 0 Å². The van der Waals surface area contributed by atoms with E-state index in [0.29, 0.717) is 18.1 Å². The number of rotatable bonds is 6. The maximum atomic E-state index is 6.61. The first-order valence-electron chi connectivity index (χ1n) is 5.83. The zero-order valence-electron chi connectivity index (χ0n) is 11.2. The molecule has 0 radical (unpaired) electrons. The first kappa shape index (κ1) is 15.6. The molecule has 0 bridgehead atoms. The SMILES string of the molecule is CCN(C(C)C)P(Cl)N(C(C)C)C(C)C. The van der Waals surface area contributed by atoms with Gasteiger partial charge in [0, 0.05) is 24.7 Å². The summed E-state index contributed by atoms with van der Waals surface area (Å²) in [4.78, 5) is 0. The maximum absolute atomic E-state index is 6.61. The molecule has 1 unspecified atom stereocenters. The van der Waals surface area contributed by atoms with E-state index in [2.05, 4.69) is 57.8 Å². The number of hydrogen-bond acceptors (Lipinski definition) is 2. The van der Waals surface area contributed by atoms with E-state index in [1.54, 1.807) is 0 Å². The van der Waals surface area contributed by atoms with Gasteiger partial charge < -0.3 is 0 Å². The van der Waals surface area contributed by atoms with Gasteiger partial charge in [0.1, 0.15) is 7.58 Å². The van der Waals surface area contributed by atoms with Gasteiger partial charge >= 0.3 is 0 Å². The molecule has 0 saturated carbocycles. The molecule has 1 atom stereocenters. The van der Waals surface area contributed by atoms with Crippen molar-refractivity contribution in [1.29, 1.82) is 0 Å². The Bertz CT molecular complexity index is 166. The predicted molar refractivity (Wildman–Crippen MR) is 72.4 cm³/mol. The second-order valence-electron chi connectivity index (χ2n) is 4.66. The van der Waals surface area contributed by atoms with Gasteiger partial charge in [-0.2, -0.15) is 0 Å². The average molecular weight is 253 g/mol. The minimum atomic E-state index is -0.687. The van der Waals surface area contributed by atoms with E-state index in [-0.39, 0.29) is 0 Å². The highest BCUT2D eigenvalue weighted by Crippen LogP contribution is 2.52. The van der Waals surface area contributed by atoms with Crippen LogP contribution in [0.15, 0.2) is 0 Å². The van der Waals surface area contributed by atoms with E-state index >= 15 is 0 Å². The molecule has 0 amide bonds. The minimum absolute atomic E-state index is 0.501. The zero-order valence-corrected chi connectivity index (χ0v) is 12.8. The fourth-order valence-electron chi connectivity index (χ4n) is 1.78. The molecule has 15 heavy (non-hydrogen) atoms. The molecule has 0 N–H and O–H groups in total. The van der Waals surface area contributed by atoms with Crippen molar-refractivity contribution in [2.45, 2.75) is 66.6 Å². The summed E-state index contributed by atoms with van der Waals surface area (Å²) in [5.41, 5.74) is 0. The lowest BCUT2D eigenvalue weighted by atomic mass is 10.3. The van der Waals surface area contributed by atoms with Gasteiger partial charge in [0.15, 0.2) is 0 Å². The summed E-state index contributed by atoms with van der Waals surface area (Å²) in [6, 6.07) is 1.52. The van der Waals surface area contributed by atoms with Gasteiger partial charge in [0.05, 0.1) is 0 Å². The molecule has 92 valence electrons. The Kier molecular flexibility index (Phi) is 7.36. The van der Waals surface area contributed by atoms with Crippen LogP contribution in [0.2, 0.25) is 0 Å². The van der Waals surface area contributed by atoms with Crippen molar-refractivity contribution in [3.05, 3.63) is 0 Å². The molecule has 4 heteroatoms. The molecule has 0 fully saturated rings. The lowest BCUT2D eigenvalue weighted by Gasteiger charge is -2.41. The molecule has 0 aromatic carbocycles. The maximum Gasteiger partial charge on any atom is 0.141 e. The molecule has 0 aliphatic carbocycles. The van der Waals surface area contributed by atoms with E-state index in [1.165, 1.54) is 0 Å². The molecular formula is C11H26ClN2P. The van der Waals surface area contributed by atoms with Crippen LogP contribution in [0.3, 0.4) is 0 Å². The molecule has 0 saturated heterocycles. The van der Waals surface area contributed by atoms with Crippen molar-refractivity contribution in [2.24, 2.45) is 0 Å². The summed E-state index contributed by atoms with van der Waals surface area (Å²) < 4.78 is 4.78. The van der Waals surface area contributed by atoms with Crippen LogP contribution in [0.5, 0.6) is 0 Å². The first-order valence-corrected chi connectivity index (χ1v) is 7.98. The van der Waals surface area contributed by atoms with Gasteiger partial charge in [-0.3, -0.25) is 9.34 Å². The van der Waals surface area contributed by atoms with E-state index in [4.69, 9.17) is 11.2 Å². The number of hydrogen-bond donors (Lipinski definition) is 0. The Hall–Kier alpha value is 0.640. The Morgan fingerprint density at radius 3 is 1.53 bits per heavy atom. The second-order valence-corrected chi connectivity index (χ2v) is 7.02. The summed E-state index contributed by atoms with van der Waals surface area (Å²) in [6.45, 7) is 16.5. The van der Waals surface area contributed by atoms with Crippen molar-refractivity contribution in [3.8, 4) is 0 Å². The van der Waals surface area contributed by atoms with Crippen LogP contribution >= 0.6 is 18.8 Å². The highest BCUT2D eigenvalue weighted by molar-refractivity contribution is 7.80. The van der Waals surface area contributed by atoms with Crippen molar-refractivity contribution < 1.29 is 0 Å². The lowest BCUT2D eigenvalue weighted by Crippen LogP contribution is -2.38. The van der Waals surface area contributed by atoms with Crippen LogP contribution < -0.4 is 0 Å². The molecule has 0 aliphatic rings. The number of halogens is 1. The third-order valence-electron chi connectivity index (χ3n) is 2.38. The van der Waals surface area contributed by atoms with Gasteiger partial charge in [0.2, 0.25) is 0 Å². The minimum Gasteiger partial charge on any atom is -0.255 e. The second kappa shape index (κ2) is 7.06. The van der Waals surface area contributed by atoms with Crippen LogP contribution in [0.25, 0.3) is 0 Å². The Morgan fingerprint density at radius 1 is 0.933 bits per heavy atom. The van der Waals surface area contributed by atoms with E-state index in [1.807, 2.05) is 0 Å². The Balaban J connectivity index is 4.67. The third-order valence-corrected chi connectivity index (χ3v) is 5.96. The van der Waals surface area contributed by atoms with E-state index in [9.17, 15) is 0 Å². The van der Waals surface area contributed by atoms with Gasteiger partial charge in [-0.05, 0) is 41.5 Å². The summed E-state index contributed by atoms with van der Waals surface area (Å²) >= 11 is 6.61. The third kappa shape index (κ3) is 4.56. The zero-order chi connectivity index (χ0) is 12.2. The van der Waals surface area contributed by atoms with E-state index < -0.39 is 7.58 Å². The highest BCUT2D eigenvalue weighted by Gasteiger charge is 2.28. The molecule has 0 aromatic rings. The van der Waals surface area contributed by atoms with E-state index in [0.717, 1.165) is 6.54 Å². The quantitative estimate of drug-likeness (QED) is 0.651. The topological polar surface area (TPSA) is 6.48 Å².